The maximum absolute atomic E-state index is 14.2. The van der Waals surface area contributed by atoms with E-state index in [0.29, 0.717) is 42.9 Å². The molecule has 3 aromatic rings. The van der Waals surface area contributed by atoms with Crippen molar-refractivity contribution in [2.24, 2.45) is 41.1 Å². The van der Waals surface area contributed by atoms with Gasteiger partial charge in [0.1, 0.15) is 41.0 Å². The van der Waals surface area contributed by atoms with Gasteiger partial charge in [0, 0.05) is 59.4 Å². The summed E-state index contributed by atoms with van der Waals surface area (Å²) < 4.78 is 32.8. The molecule has 0 aliphatic carbocycles. The van der Waals surface area contributed by atoms with Gasteiger partial charge < -0.3 is 70.5 Å². The van der Waals surface area contributed by atoms with Crippen molar-refractivity contribution in [3.05, 3.63) is 89.5 Å². The van der Waals surface area contributed by atoms with E-state index in [2.05, 4.69) is 10.6 Å². The second-order valence-electron chi connectivity index (χ2n) is 23.7. The molecule has 8 N–H and O–H groups in total. The van der Waals surface area contributed by atoms with Crippen molar-refractivity contribution in [1.82, 2.24) is 20.4 Å². The van der Waals surface area contributed by atoms with Crippen LogP contribution in [0.3, 0.4) is 0 Å². The number of benzene rings is 3. The molecule has 0 spiro atoms. The molecule has 3 amide bonds. The second kappa shape index (κ2) is 37.1. The van der Waals surface area contributed by atoms with Crippen LogP contribution in [0.4, 0.5) is 0 Å². The fourth-order valence-electron chi connectivity index (χ4n) is 10.7. The van der Waals surface area contributed by atoms with Crippen LogP contribution in [-0.4, -0.2) is 172 Å². The molecule has 21 heteroatoms. The minimum atomic E-state index is -1.21. The maximum atomic E-state index is 14.2. The Kier molecular flexibility index (Phi) is 32.6. The van der Waals surface area contributed by atoms with Crippen molar-refractivity contribution in [1.29, 1.82) is 0 Å². The van der Waals surface area contributed by atoms with Gasteiger partial charge in [-0.3, -0.25) is 28.8 Å². The molecule has 1 heterocycles. The number of likely N-dealkylation sites (tertiary alicyclic amines) is 1. The van der Waals surface area contributed by atoms with Gasteiger partial charge in [0.2, 0.25) is 17.7 Å². The van der Waals surface area contributed by atoms with Crippen LogP contribution < -0.4 is 36.3 Å². The average molecular weight is 1210 g/mol. The number of methoxy groups -OCH3 is 5. The molecule has 11 atom stereocenters. The van der Waals surface area contributed by atoms with Gasteiger partial charge >= 0.3 is 17.9 Å². The van der Waals surface area contributed by atoms with Crippen LogP contribution >= 0.6 is 0 Å². The lowest BCUT2D eigenvalue weighted by Gasteiger charge is -2.41. The first kappa shape index (κ1) is 75.4. The van der Waals surface area contributed by atoms with Crippen molar-refractivity contribution in [3.63, 3.8) is 0 Å². The van der Waals surface area contributed by atoms with Crippen LogP contribution in [0.1, 0.15) is 118 Å². The van der Waals surface area contributed by atoms with Crippen LogP contribution in [0.15, 0.2) is 72.8 Å². The second-order valence-corrected chi connectivity index (χ2v) is 23.7. The third kappa shape index (κ3) is 23.2. The van der Waals surface area contributed by atoms with E-state index in [4.69, 9.17) is 45.0 Å². The van der Waals surface area contributed by atoms with Gasteiger partial charge in [0.05, 0.1) is 64.0 Å². The third-order valence-electron chi connectivity index (χ3n) is 15.6. The summed E-state index contributed by atoms with van der Waals surface area (Å²) in [6.45, 7) is 19.5. The third-order valence-corrected chi connectivity index (χ3v) is 15.6. The number of hydrogen-bond acceptors (Lipinski definition) is 16. The number of para-hydroxylation sites is 3. The van der Waals surface area contributed by atoms with Gasteiger partial charge in [-0.25, -0.2) is 4.79 Å². The normalized spacial score (nSPS) is 16.6. The molecule has 3 aromatic carbocycles. The van der Waals surface area contributed by atoms with Crippen molar-refractivity contribution >= 4 is 41.4 Å². The highest BCUT2D eigenvalue weighted by atomic mass is 16.6. The Morgan fingerprint density at radius 1 is 0.698 bits per heavy atom. The van der Waals surface area contributed by atoms with Gasteiger partial charge in [-0.05, 0) is 93.3 Å². The number of carboxylic acid groups (broad SMARTS) is 2. The Hall–Kier alpha value is -6.65. The monoisotopic (exact) mass is 1210 g/mol. The quantitative estimate of drug-likeness (QED) is 0.0363. The summed E-state index contributed by atoms with van der Waals surface area (Å²) in [5.74, 6) is -2.83. The number of ether oxygens (including phenoxy) is 6. The highest BCUT2D eigenvalue weighted by molar-refractivity contribution is 5.90. The van der Waals surface area contributed by atoms with E-state index in [1.165, 1.54) is 14.2 Å². The molecular weight excluding hydrogens is 1100 g/mol. The van der Waals surface area contributed by atoms with E-state index in [9.17, 15) is 38.7 Å². The maximum Gasteiger partial charge on any atom is 0.326 e. The smallest absolute Gasteiger partial charge is 0.326 e. The van der Waals surface area contributed by atoms with Crippen molar-refractivity contribution in [2.45, 2.75) is 175 Å². The number of nitrogens with one attached hydrogen (secondary N) is 2. The Bertz CT molecular complexity index is 2610. The molecule has 0 bridgehead atoms. The fraction of sp³-hybridized carbons (Fsp3) is 0.615. The lowest BCUT2D eigenvalue weighted by molar-refractivity contribution is -0.156. The zero-order valence-corrected chi connectivity index (χ0v) is 54.0. The van der Waals surface area contributed by atoms with Crippen LogP contribution in [0.5, 0.6) is 17.2 Å². The molecule has 1 aliphatic rings. The molecule has 4 rings (SSSR count). The number of esters is 1. The number of rotatable bonds is 31. The molecule has 1 fully saturated rings. The van der Waals surface area contributed by atoms with Crippen LogP contribution in [0, 0.1) is 29.6 Å². The van der Waals surface area contributed by atoms with Gasteiger partial charge in [0.25, 0.3) is 0 Å². The van der Waals surface area contributed by atoms with Crippen LogP contribution in [-0.2, 0) is 67.0 Å². The summed E-state index contributed by atoms with van der Waals surface area (Å²) >= 11 is 0. The molecule has 21 nitrogen and oxygen atoms in total. The molecule has 0 radical (unpaired) electrons. The highest BCUT2D eigenvalue weighted by Crippen LogP contribution is 2.32. The van der Waals surface area contributed by atoms with E-state index in [1.54, 1.807) is 82.5 Å². The number of amides is 3. The predicted molar refractivity (Wildman–Crippen MR) is 331 cm³/mol. The summed E-state index contributed by atoms with van der Waals surface area (Å²) in [5.41, 5.74) is 13.1. The topological polar surface area (TPSA) is 298 Å². The van der Waals surface area contributed by atoms with E-state index in [0.717, 1.165) is 23.3 Å². The molecular formula is C65H102N6O15. The molecule has 1 saturated heterocycles. The summed E-state index contributed by atoms with van der Waals surface area (Å²) in [7, 11) is 11.2. The number of aliphatic carboxylic acids is 2. The zero-order chi connectivity index (χ0) is 65.2. The van der Waals surface area contributed by atoms with Crippen molar-refractivity contribution in [3.8, 4) is 17.2 Å². The molecule has 86 heavy (non-hydrogen) atoms. The molecule has 1 aliphatic heterocycles. The number of nitrogens with zero attached hydrogens (tertiary/aromatic N) is 2. The number of carbonyl (C=O) groups excluding carboxylic acids is 5. The molecule has 0 aromatic heterocycles. The van der Waals surface area contributed by atoms with E-state index in [-0.39, 0.29) is 67.1 Å². The zero-order valence-electron chi connectivity index (χ0n) is 54.0. The Morgan fingerprint density at radius 2 is 1.19 bits per heavy atom. The number of Topliss-reactive ketones (excluding diaryl/α,β-unsaturated/α-hetero) is 1. The van der Waals surface area contributed by atoms with E-state index >= 15 is 0 Å². The van der Waals surface area contributed by atoms with E-state index in [1.807, 2.05) is 105 Å². The average Bonchev–Trinajstić information content (AvgIpc) is 2.50. The lowest BCUT2D eigenvalue weighted by Crippen LogP contribution is -2.55. The summed E-state index contributed by atoms with van der Waals surface area (Å²) in [6.07, 6.45) is 1.51. The Labute approximate surface area is 510 Å². The van der Waals surface area contributed by atoms with Gasteiger partial charge in [-0.1, -0.05) is 109 Å². The first-order chi connectivity index (χ1) is 40.5. The largest absolute Gasteiger partial charge is 0.496 e. The standard InChI is InChI=1S/C41H68N4O9.C14H21NO3.C10H13NO3/c1-13-26(6)37(44(9)40(49)29(24(2)3)22-32(46)36(42-8)25(4)5)34(53-11)23-35(47)45-20-16-18-31(45)38(54-12)27(7)39(48)43-30(41(50)51)21-28-17-14-15-19-33(28)52-10;1-14(2,3)18-13(16)11(15)9-10-7-5-6-8-12(10)17-4;1-14-9-5-3-2-4-7(9)6-8(11)10(12)13/h14-15,17,19,24-27,29-31,34,36-38,42H,13,16,18,20-23H2,1-12H3,(H,43,48)(H,50,51);5-8,11H,9,15H2,1-4H3;2-5,8H,6,11H2,1H3,(H,12,13)/t26-,27+,29-,30-,31-,34+,36-,37-,38+;11-;8-/m000/s1. The predicted octanol–water partition coefficient (Wildman–Crippen LogP) is 6.76. The van der Waals surface area contributed by atoms with Crippen LogP contribution in [0.25, 0.3) is 0 Å². The summed E-state index contributed by atoms with van der Waals surface area (Å²) in [5, 5.41) is 24.4. The number of nitrogens with two attached hydrogens (primary N) is 2. The van der Waals surface area contributed by atoms with Gasteiger partial charge in [-0.15, -0.1) is 0 Å². The van der Waals surface area contributed by atoms with E-state index < -0.39 is 83.7 Å². The Balaban J connectivity index is 0.000000632. The number of likely N-dealkylation sites (N-methyl/N-ethyl adjacent to an activating group) is 2. The lowest BCUT2D eigenvalue weighted by atomic mass is 9.84. The van der Waals surface area contributed by atoms with Crippen molar-refractivity contribution < 1.29 is 72.2 Å². The fourth-order valence-corrected chi connectivity index (χ4v) is 10.7. The molecule has 0 saturated carbocycles. The minimum absolute atomic E-state index is 0.00269. The number of carboxylic acids is 2. The first-order valence-corrected chi connectivity index (χ1v) is 29.6. The number of hydrogen-bond donors (Lipinski definition) is 6. The minimum Gasteiger partial charge on any atom is -0.496 e. The van der Waals surface area contributed by atoms with Gasteiger partial charge in [0.15, 0.2) is 5.78 Å². The summed E-state index contributed by atoms with van der Waals surface area (Å²) in [6, 6.07) is 17.8. The van der Waals surface area contributed by atoms with Crippen molar-refractivity contribution in [2.75, 3.05) is 56.2 Å². The highest BCUT2D eigenvalue weighted by Gasteiger charge is 2.44. The molecule has 482 valence electrons. The first-order valence-electron chi connectivity index (χ1n) is 29.6. The van der Waals surface area contributed by atoms with Gasteiger partial charge in [-0.2, -0.15) is 0 Å². The molecule has 0 unspecified atom stereocenters. The Morgan fingerprint density at radius 3 is 1.59 bits per heavy atom. The SMILES string of the molecule is CC[C@H](C)[C@@H]([C@@H](CC(=O)N1CCC[C@H]1[C@H](OC)[C@@H](C)C(=O)N[C@@H](Cc1ccccc1OC)C(=O)O)OC)N(C)C(=O)[C@@H](CC(=O)[C@@H](NC)C(C)C)C(C)C.COc1ccccc1C[C@H](N)C(=O)O.COc1ccccc1C[C@H](N)C(=O)OC(C)(C)C. The van der Waals surface area contributed by atoms with Crippen LogP contribution in [0.2, 0.25) is 0 Å². The number of carbonyl (C=O) groups is 7. The number of ketones is 1. The summed E-state index contributed by atoms with van der Waals surface area (Å²) in [4.78, 5) is 93.2.